The summed E-state index contributed by atoms with van der Waals surface area (Å²) in [6.07, 6.45) is 5.21. The number of rotatable bonds is 7. The zero-order valence-electron chi connectivity index (χ0n) is 23.7. The Labute approximate surface area is 277 Å². The van der Waals surface area contributed by atoms with Gasteiger partial charge in [0.25, 0.3) is 5.24 Å². The van der Waals surface area contributed by atoms with Gasteiger partial charge < -0.3 is 0 Å². The van der Waals surface area contributed by atoms with Gasteiger partial charge >= 0.3 is 0 Å². The van der Waals surface area contributed by atoms with Crippen molar-refractivity contribution in [1.29, 1.82) is 0 Å². The van der Waals surface area contributed by atoms with Crippen LogP contribution in [0.1, 0.15) is 74.9 Å². The van der Waals surface area contributed by atoms with Crippen LogP contribution in [-0.2, 0) is 20.0 Å². The maximum atomic E-state index is 12.5. The Hall–Kier alpha value is -3.09. The lowest BCUT2D eigenvalue weighted by atomic mass is 10.0. The van der Waals surface area contributed by atoms with E-state index in [-0.39, 0.29) is 36.7 Å². The van der Waals surface area contributed by atoms with E-state index in [1.807, 2.05) is 12.1 Å². The predicted octanol–water partition coefficient (Wildman–Crippen LogP) is 7.03. The van der Waals surface area contributed by atoms with Crippen molar-refractivity contribution in [3.8, 4) is 0 Å². The van der Waals surface area contributed by atoms with Crippen LogP contribution >= 0.6 is 34.8 Å². The van der Waals surface area contributed by atoms with Crippen LogP contribution in [0.25, 0.3) is 0 Å². The maximum Gasteiger partial charge on any atom is 0.252 e. The Bertz CT molecular complexity index is 1930. The second-order valence-corrected chi connectivity index (χ2v) is 14.8. The van der Waals surface area contributed by atoms with Gasteiger partial charge in [0.2, 0.25) is 20.0 Å². The van der Waals surface area contributed by atoms with Gasteiger partial charge in [0.1, 0.15) is 9.79 Å². The number of benzene rings is 4. The summed E-state index contributed by atoms with van der Waals surface area (Å²) in [7, 11) is -7.90. The SMILES string of the molecule is NS(=O)(=O)c1cc(C(=O)Cl)ccc1Cl.NS(=O)(=O)c1cc(C(=O)c2ccc(C3CC3)cc2)ccc1Cl.c1ccc(C2CC2)cc1. The molecule has 13 heteroatoms. The summed E-state index contributed by atoms with van der Waals surface area (Å²) in [6.45, 7) is 0. The zero-order valence-corrected chi connectivity index (χ0v) is 27.6. The summed E-state index contributed by atoms with van der Waals surface area (Å²) in [4.78, 5) is 22.6. The smallest absolute Gasteiger partial charge is 0.252 e. The number of ketones is 1. The highest BCUT2D eigenvalue weighted by Crippen LogP contribution is 2.40. The molecule has 2 aliphatic rings. The lowest BCUT2D eigenvalue weighted by Crippen LogP contribution is -2.14. The molecular weight excluding hydrogens is 679 g/mol. The summed E-state index contributed by atoms with van der Waals surface area (Å²) in [6, 6.07) is 25.8. The molecule has 0 aromatic heterocycles. The Kier molecular flexibility index (Phi) is 11.2. The first-order valence-electron chi connectivity index (χ1n) is 13.7. The van der Waals surface area contributed by atoms with Crippen molar-refractivity contribution in [3.63, 3.8) is 0 Å². The highest BCUT2D eigenvalue weighted by molar-refractivity contribution is 7.89. The molecule has 0 spiro atoms. The van der Waals surface area contributed by atoms with Gasteiger partial charge in [-0.2, -0.15) is 0 Å². The number of hydrogen-bond acceptors (Lipinski definition) is 6. The van der Waals surface area contributed by atoms with Crippen LogP contribution in [0, 0.1) is 0 Å². The number of carbonyl (C=O) groups excluding carboxylic acids is 2. The van der Waals surface area contributed by atoms with E-state index in [0.29, 0.717) is 11.5 Å². The van der Waals surface area contributed by atoms with Crippen molar-refractivity contribution < 1.29 is 26.4 Å². The number of hydrogen-bond donors (Lipinski definition) is 2. The molecule has 4 aromatic rings. The van der Waals surface area contributed by atoms with E-state index in [1.165, 1.54) is 67.1 Å². The molecule has 2 saturated carbocycles. The number of primary sulfonamides is 2. The molecule has 0 saturated heterocycles. The van der Waals surface area contributed by atoms with Crippen LogP contribution in [0.15, 0.2) is 101 Å². The number of carbonyl (C=O) groups is 2. The standard InChI is InChI=1S/C16H14ClNO3S.C9H10.C7H5Cl2NO3S/c17-14-8-7-13(9-15(14)22(18,20)21)16(19)12-5-3-11(4-6-12)10-1-2-10;1-2-4-8(5-3-1)9-6-7-9;8-5-2-1-4(7(9)11)3-6(5)14(10,12)13/h3-10H,1-2H2,(H2,18,20,21);1-5,9H,6-7H2;1-3H,(H2,10,12,13). The molecule has 2 fully saturated rings. The van der Waals surface area contributed by atoms with Crippen molar-refractivity contribution in [1.82, 2.24) is 0 Å². The minimum Gasteiger partial charge on any atom is -0.289 e. The molecule has 0 aliphatic heterocycles. The molecule has 8 nitrogen and oxygen atoms in total. The van der Waals surface area contributed by atoms with Crippen molar-refractivity contribution in [2.45, 2.75) is 47.3 Å². The van der Waals surface area contributed by atoms with Gasteiger partial charge in [0.15, 0.2) is 5.78 Å². The van der Waals surface area contributed by atoms with E-state index in [1.54, 1.807) is 12.1 Å². The molecule has 45 heavy (non-hydrogen) atoms. The predicted molar refractivity (Wildman–Crippen MR) is 176 cm³/mol. The van der Waals surface area contributed by atoms with Gasteiger partial charge in [-0.25, -0.2) is 27.1 Å². The quantitative estimate of drug-likeness (QED) is 0.155. The Morgan fingerprint density at radius 1 is 0.578 bits per heavy atom. The van der Waals surface area contributed by atoms with Crippen molar-refractivity contribution >= 4 is 65.9 Å². The van der Waals surface area contributed by atoms with E-state index in [0.717, 1.165) is 12.0 Å². The lowest BCUT2D eigenvalue weighted by molar-refractivity contribution is 0.103. The zero-order chi connectivity index (χ0) is 32.9. The fourth-order valence-electron chi connectivity index (χ4n) is 4.34. The van der Waals surface area contributed by atoms with Gasteiger partial charge in [0.05, 0.1) is 10.0 Å². The topological polar surface area (TPSA) is 154 Å². The first kappa shape index (κ1) is 34.8. The molecule has 2 aliphatic carbocycles. The average molecular weight is 708 g/mol. The molecular formula is C32H29Cl3N2O6S2. The highest BCUT2D eigenvalue weighted by Gasteiger charge is 2.24. The maximum absolute atomic E-state index is 12.5. The van der Waals surface area contributed by atoms with Crippen LogP contribution in [-0.4, -0.2) is 27.9 Å². The fraction of sp³-hybridized carbons (Fsp3) is 0.188. The molecule has 0 atom stereocenters. The molecule has 4 N–H and O–H groups in total. The van der Waals surface area contributed by atoms with Crippen LogP contribution in [0.2, 0.25) is 10.0 Å². The van der Waals surface area contributed by atoms with E-state index < -0.39 is 25.3 Å². The number of nitrogens with two attached hydrogens (primary N) is 2. The normalized spacial score (nSPS) is 14.3. The van der Waals surface area contributed by atoms with Gasteiger partial charge in [-0.3, -0.25) is 9.59 Å². The first-order valence-corrected chi connectivity index (χ1v) is 17.9. The number of sulfonamides is 2. The minimum absolute atomic E-state index is 0.00290. The molecule has 0 heterocycles. The summed E-state index contributed by atoms with van der Waals surface area (Å²) >= 11 is 16.6. The second-order valence-electron chi connectivity index (χ2n) is 10.6. The first-order chi connectivity index (χ1) is 21.1. The van der Waals surface area contributed by atoms with Gasteiger partial charge in [0, 0.05) is 16.7 Å². The molecule has 0 radical (unpaired) electrons. The van der Waals surface area contributed by atoms with Gasteiger partial charge in [-0.15, -0.1) is 0 Å². The second kappa shape index (κ2) is 14.6. The Morgan fingerprint density at radius 2 is 0.978 bits per heavy atom. The third-order valence-electron chi connectivity index (χ3n) is 7.03. The highest BCUT2D eigenvalue weighted by atomic mass is 35.5. The van der Waals surface area contributed by atoms with Gasteiger partial charge in [-0.1, -0.05) is 77.8 Å². The van der Waals surface area contributed by atoms with Crippen LogP contribution in [0.5, 0.6) is 0 Å². The van der Waals surface area contributed by atoms with E-state index in [9.17, 15) is 26.4 Å². The van der Waals surface area contributed by atoms with E-state index in [4.69, 9.17) is 45.1 Å². The molecule has 4 aromatic carbocycles. The van der Waals surface area contributed by atoms with Crippen molar-refractivity contribution in [2.75, 3.05) is 0 Å². The summed E-state index contributed by atoms with van der Waals surface area (Å²) in [5.74, 6) is 1.27. The fourth-order valence-corrected chi connectivity index (χ4v) is 6.60. The lowest BCUT2D eigenvalue weighted by Gasteiger charge is -2.06. The average Bonchev–Trinajstić information content (AvgIpc) is 3.91. The van der Waals surface area contributed by atoms with Crippen molar-refractivity contribution in [3.05, 3.63) is 129 Å². The molecule has 6 rings (SSSR count). The van der Waals surface area contributed by atoms with Crippen LogP contribution in [0.3, 0.4) is 0 Å². The van der Waals surface area contributed by atoms with Crippen molar-refractivity contribution in [2.24, 2.45) is 10.3 Å². The third-order valence-corrected chi connectivity index (χ3v) is 10.0. The number of halogens is 3. The monoisotopic (exact) mass is 706 g/mol. The van der Waals surface area contributed by atoms with E-state index >= 15 is 0 Å². The molecule has 0 amide bonds. The molecule has 0 bridgehead atoms. The third kappa shape index (κ3) is 9.95. The molecule has 0 unspecified atom stereocenters. The van der Waals surface area contributed by atoms with Gasteiger partial charge in [-0.05, 0) is 96.6 Å². The van der Waals surface area contributed by atoms with Crippen LogP contribution < -0.4 is 10.3 Å². The van der Waals surface area contributed by atoms with Crippen LogP contribution in [0.4, 0.5) is 0 Å². The molecule has 236 valence electrons. The Morgan fingerprint density at radius 3 is 1.40 bits per heavy atom. The summed E-state index contributed by atoms with van der Waals surface area (Å²) in [5, 5.41) is 9.15. The van der Waals surface area contributed by atoms with E-state index in [2.05, 4.69) is 30.3 Å². The summed E-state index contributed by atoms with van der Waals surface area (Å²) in [5.41, 5.74) is 3.54. The minimum atomic E-state index is -3.97. The largest absolute Gasteiger partial charge is 0.289 e. The summed E-state index contributed by atoms with van der Waals surface area (Å²) < 4.78 is 44.9. The Balaban J connectivity index is 0.000000170.